The summed E-state index contributed by atoms with van der Waals surface area (Å²) in [6.07, 6.45) is 57.6. The molecule has 0 radical (unpaired) electrons. The Bertz CT molecular complexity index is 691. The summed E-state index contributed by atoms with van der Waals surface area (Å²) in [6.45, 7) is 0. The predicted octanol–water partition coefficient (Wildman–Crippen LogP) is 10.3. The van der Waals surface area contributed by atoms with Gasteiger partial charge in [-0.3, -0.25) is 0 Å². The van der Waals surface area contributed by atoms with Gasteiger partial charge in [-0.1, -0.05) is 112 Å². The van der Waals surface area contributed by atoms with Crippen LogP contribution >= 0.6 is 0 Å². The van der Waals surface area contributed by atoms with Gasteiger partial charge in [0.1, 0.15) is 12.2 Å². The summed E-state index contributed by atoms with van der Waals surface area (Å²) in [5.41, 5.74) is 0. The van der Waals surface area contributed by atoms with Crippen LogP contribution in [0.25, 0.3) is 0 Å². The Morgan fingerprint density at radius 3 is 0.850 bits per heavy atom. The van der Waals surface area contributed by atoms with E-state index in [-0.39, 0.29) is 0 Å². The van der Waals surface area contributed by atoms with E-state index in [9.17, 15) is 10.2 Å². The molecule has 2 unspecified atom stereocenters. The zero-order chi connectivity index (χ0) is 29.2. The molecule has 0 aliphatic rings. The first-order chi connectivity index (χ1) is 19.7. The standard InChI is InChI=1S/C38H60O2/c1-3-37(39)35-33-31-29-27-25-23-21-19-17-15-13-11-9-7-5-6-8-10-12-14-16-18-20-22-24-26-28-30-32-34-36-38(40)4-2/h1-2,5-6,23-26,33-40H,7-22,27-32H2. The highest BCUT2D eigenvalue weighted by Crippen LogP contribution is 2.12. The van der Waals surface area contributed by atoms with Crippen molar-refractivity contribution in [2.75, 3.05) is 0 Å². The molecular weight excluding hydrogens is 488 g/mol. The van der Waals surface area contributed by atoms with Crippen molar-refractivity contribution in [1.29, 1.82) is 0 Å². The molecule has 0 fully saturated rings. The molecule has 2 nitrogen and oxygen atoms in total. The first-order valence-electron chi connectivity index (χ1n) is 16.3. The molecule has 0 aliphatic carbocycles. The summed E-state index contributed by atoms with van der Waals surface area (Å²) < 4.78 is 0. The van der Waals surface area contributed by atoms with Gasteiger partial charge in [-0.2, -0.15) is 0 Å². The highest BCUT2D eigenvalue weighted by molar-refractivity contribution is 5.06. The van der Waals surface area contributed by atoms with Gasteiger partial charge in [-0.05, 0) is 102 Å². The molecule has 0 bridgehead atoms. The first-order valence-corrected chi connectivity index (χ1v) is 16.3. The number of terminal acetylenes is 2. The lowest BCUT2D eigenvalue weighted by Gasteiger charge is -2.00. The van der Waals surface area contributed by atoms with Crippen molar-refractivity contribution in [3.63, 3.8) is 0 Å². The van der Waals surface area contributed by atoms with E-state index in [4.69, 9.17) is 12.8 Å². The fourth-order valence-corrected chi connectivity index (χ4v) is 4.44. The summed E-state index contributed by atoms with van der Waals surface area (Å²) in [6, 6.07) is 0. The van der Waals surface area contributed by atoms with E-state index in [1.165, 1.54) is 103 Å². The topological polar surface area (TPSA) is 40.5 Å². The number of aliphatic hydroxyl groups is 2. The maximum absolute atomic E-state index is 9.23. The minimum absolute atomic E-state index is 0.735. The normalized spacial score (nSPS) is 13.7. The van der Waals surface area contributed by atoms with Gasteiger partial charge in [-0.15, -0.1) is 12.8 Å². The third kappa shape index (κ3) is 32.0. The van der Waals surface area contributed by atoms with Gasteiger partial charge in [0.25, 0.3) is 0 Å². The largest absolute Gasteiger partial charge is 0.377 e. The smallest absolute Gasteiger partial charge is 0.133 e. The van der Waals surface area contributed by atoms with Gasteiger partial charge >= 0.3 is 0 Å². The van der Waals surface area contributed by atoms with Crippen LogP contribution < -0.4 is 0 Å². The fourth-order valence-electron chi connectivity index (χ4n) is 4.44. The molecule has 0 amide bonds. The van der Waals surface area contributed by atoms with Crippen molar-refractivity contribution in [1.82, 2.24) is 0 Å². The quantitative estimate of drug-likeness (QED) is 0.0580. The fraction of sp³-hybridized carbons (Fsp3) is 0.632. The molecule has 0 rings (SSSR count). The Kier molecular flexibility index (Phi) is 31.1. The van der Waals surface area contributed by atoms with Crippen LogP contribution in [-0.2, 0) is 0 Å². The third-order valence-electron chi connectivity index (χ3n) is 6.94. The van der Waals surface area contributed by atoms with Gasteiger partial charge in [-0.25, -0.2) is 0 Å². The maximum Gasteiger partial charge on any atom is 0.133 e. The van der Waals surface area contributed by atoms with Crippen LogP contribution in [0.3, 0.4) is 0 Å². The van der Waals surface area contributed by atoms with Crippen LogP contribution in [0.15, 0.2) is 60.8 Å². The molecule has 0 heterocycles. The first kappa shape index (κ1) is 37.7. The summed E-state index contributed by atoms with van der Waals surface area (Å²) >= 11 is 0. The summed E-state index contributed by atoms with van der Waals surface area (Å²) in [5, 5.41) is 18.5. The molecular formula is C38H60O2. The van der Waals surface area contributed by atoms with Crippen LogP contribution in [0.1, 0.15) is 141 Å². The monoisotopic (exact) mass is 548 g/mol. The molecule has 40 heavy (non-hydrogen) atoms. The van der Waals surface area contributed by atoms with Crippen LogP contribution in [-0.4, -0.2) is 22.4 Å². The highest BCUT2D eigenvalue weighted by Gasteiger charge is 1.93. The average molecular weight is 549 g/mol. The van der Waals surface area contributed by atoms with E-state index in [0.29, 0.717) is 0 Å². The summed E-state index contributed by atoms with van der Waals surface area (Å²) in [4.78, 5) is 0. The molecule has 0 spiro atoms. The number of hydrogen-bond acceptors (Lipinski definition) is 2. The predicted molar refractivity (Wildman–Crippen MR) is 177 cm³/mol. The molecule has 224 valence electrons. The number of hydrogen-bond donors (Lipinski definition) is 2. The maximum atomic E-state index is 9.23. The van der Waals surface area contributed by atoms with Gasteiger partial charge < -0.3 is 10.2 Å². The Labute approximate surface area is 248 Å². The second-order valence-electron chi connectivity index (χ2n) is 10.8. The Hall–Kier alpha value is -2.26. The average Bonchev–Trinajstić information content (AvgIpc) is 2.97. The third-order valence-corrected chi connectivity index (χ3v) is 6.94. The highest BCUT2D eigenvalue weighted by atomic mass is 16.3. The van der Waals surface area contributed by atoms with E-state index in [2.05, 4.69) is 48.3 Å². The van der Waals surface area contributed by atoms with Crippen molar-refractivity contribution in [3.05, 3.63) is 60.8 Å². The molecule has 0 aromatic carbocycles. The SMILES string of the molecule is C#CC(O)C=CCCCC=CCCCCCCCCC=CCCCCCCCCC=CCCCC=CC(O)C#C. The van der Waals surface area contributed by atoms with Crippen molar-refractivity contribution >= 4 is 0 Å². The summed E-state index contributed by atoms with van der Waals surface area (Å²) in [5.74, 6) is 4.57. The zero-order valence-electron chi connectivity index (χ0n) is 25.5. The second kappa shape index (κ2) is 32.9. The number of rotatable bonds is 28. The van der Waals surface area contributed by atoms with E-state index in [0.717, 1.165) is 38.5 Å². The van der Waals surface area contributed by atoms with Crippen LogP contribution in [0.4, 0.5) is 0 Å². The lowest BCUT2D eigenvalue weighted by Crippen LogP contribution is -1.95. The number of allylic oxidation sites excluding steroid dienone is 8. The lowest BCUT2D eigenvalue weighted by atomic mass is 10.1. The Morgan fingerprint density at radius 2 is 0.575 bits per heavy atom. The zero-order valence-corrected chi connectivity index (χ0v) is 25.5. The minimum Gasteiger partial charge on any atom is -0.377 e. The minimum atomic E-state index is -0.735. The number of unbranched alkanes of at least 4 members (excludes halogenated alkanes) is 18. The van der Waals surface area contributed by atoms with Crippen molar-refractivity contribution < 1.29 is 10.2 Å². The molecule has 0 saturated heterocycles. The Morgan fingerprint density at radius 1 is 0.350 bits per heavy atom. The summed E-state index contributed by atoms with van der Waals surface area (Å²) in [7, 11) is 0. The molecule has 2 atom stereocenters. The van der Waals surface area contributed by atoms with Crippen LogP contribution in [0, 0.1) is 24.7 Å². The van der Waals surface area contributed by atoms with Crippen molar-refractivity contribution in [2.45, 2.75) is 153 Å². The molecule has 0 saturated carbocycles. The van der Waals surface area contributed by atoms with E-state index >= 15 is 0 Å². The second-order valence-corrected chi connectivity index (χ2v) is 10.8. The Balaban J connectivity index is 3.26. The van der Waals surface area contributed by atoms with Crippen LogP contribution in [0.2, 0.25) is 0 Å². The molecule has 2 N–H and O–H groups in total. The lowest BCUT2D eigenvalue weighted by molar-refractivity contribution is 0.280. The van der Waals surface area contributed by atoms with Crippen molar-refractivity contribution in [3.8, 4) is 24.7 Å². The van der Waals surface area contributed by atoms with Gasteiger partial charge in [0, 0.05) is 0 Å². The molecule has 2 heteroatoms. The van der Waals surface area contributed by atoms with E-state index in [1.54, 1.807) is 12.2 Å². The van der Waals surface area contributed by atoms with Crippen LogP contribution in [0.5, 0.6) is 0 Å². The molecule has 0 aromatic rings. The number of aliphatic hydroxyl groups excluding tert-OH is 2. The molecule has 0 aromatic heterocycles. The van der Waals surface area contributed by atoms with E-state index < -0.39 is 12.2 Å². The van der Waals surface area contributed by atoms with E-state index in [1.807, 2.05) is 12.2 Å². The van der Waals surface area contributed by atoms with Crippen molar-refractivity contribution in [2.24, 2.45) is 0 Å². The van der Waals surface area contributed by atoms with Gasteiger partial charge in [0.2, 0.25) is 0 Å². The van der Waals surface area contributed by atoms with Gasteiger partial charge in [0.15, 0.2) is 0 Å². The molecule has 0 aliphatic heterocycles. The van der Waals surface area contributed by atoms with Gasteiger partial charge in [0.05, 0.1) is 0 Å².